The summed E-state index contributed by atoms with van der Waals surface area (Å²) in [6.45, 7) is 0.638. The maximum atomic E-state index is 13.2. The molecular weight excluding hydrogens is 389 g/mol. The van der Waals surface area contributed by atoms with E-state index in [-0.39, 0.29) is 11.5 Å². The van der Waals surface area contributed by atoms with Gasteiger partial charge in [-0.2, -0.15) is 11.3 Å². The lowest BCUT2D eigenvalue weighted by Gasteiger charge is -2.10. The van der Waals surface area contributed by atoms with Gasteiger partial charge in [-0.25, -0.2) is 4.39 Å². The molecular formula is C21H18FN5OS. The Kier molecular flexibility index (Phi) is 5.35. The third-order valence-electron chi connectivity index (χ3n) is 4.46. The summed E-state index contributed by atoms with van der Waals surface area (Å²) in [5, 5.41) is 14.9. The van der Waals surface area contributed by atoms with Crippen molar-refractivity contribution in [1.82, 2.24) is 15.0 Å². The average Bonchev–Trinajstić information content (AvgIpc) is 3.40. The van der Waals surface area contributed by atoms with Gasteiger partial charge in [0.1, 0.15) is 5.82 Å². The molecule has 0 saturated heterocycles. The summed E-state index contributed by atoms with van der Waals surface area (Å²) < 4.78 is 14.8. The van der Waals surface area contributed by atoms with Crippen molar-refractivity contribution in [1.29, 1.82) is 0 Å². The Balaban J connectivity index is 1.46. The predicted octanol–water partition coefficient (Wildman–Crippen LogP) is 4.22. The maximum Gasteiger partial charge on any atom is 0.277 e. The predicted molar refractivity (Wildman–Crippen MR) is 112 cm³/mol. The van der Waals surface area contributed by atoms with Crippen molar-refractivity contribution < 1.29 is 9.18 Å². The molecule has 6 nitrogen and oxygen atoms in total. The molecule has 0 bridgehead atoms. The van der Waals surface area contributed by atoms with Gasteiger partial charge >= 0.3 is 0 Å². The molecule has 146 valence electrons. The number of hydrogen-bond acceptors (Lipinski definition) is 5. The molecule has 0 radical (unpaired) electrons. The number of aryl methyl sites for hydroxylation is 2. The molecule has 1 amide bonds. The number of nitrogens with zero attached hydrogens (tertiary/aromatic N) is 3. The lowest BCUT2D eigenvalue weighted by Crippen LogP contribution is -2.14. The van der Waals surface area contributed by atoms with Crippen LogP contribution in [0.2, 0.25) is 0 Å². The fourth-order valence-electron chi connectivity index (χ4n) is 2.86. The van der Waals surface area contributed by atoms with Crippen LogP contribution in [0.15, 0.2) is 65.5 Å². The molecule has 0 atom stereocenters. The fourth-order valence-corrected chi connectivity index (χ4v) is 3.57. The zero-order valence-corrected chi connectivity index (χ0v) is 16.2. The minimum atomic E-state index is -0.394. The zero-order valence-electron chi connectivity index (χ0n) is 15.4. The van der Waals surface area contributed by atoms with Crippen LogP contribution in [-0.2, 0) is 13.0 Å². The zero-order chi connectivity index (χ0) is 20.2. The molecule has 2 aromatic carbocycles. The lowest BCUT2D eigenvalue weighted by atomic mass is 10.0. The van der Waals surface area contributed by atoms with Crippen molar-refractivity contribution >= 4 is 28.6 Å². The fraction of sp³-hybridized carbons (Fsp3) is 0.0952. The van der Waals surface area contributed by atoms with Gasteiger partial charge in [-0.05, 0) is 64.2 Å². The summed E-state index contributed by atoms with van der Waals surface area (Å²) in [7, 11) is 0. The largest absolute Gasteiger partial charge is 0.397 e. The standard InChI is InChI=1S/C21H18FN5OS/c22-17-4-1-15(2-5-17)16-3-6-18(23)19(11-16)24-21(28)20-12-27(26-25-20)9-7-14-8-10-29-13-14/h1-6,8,10-13H,7,9,23H2,(H,24,28). The molecule has 0 unspecified atom stereocenters. The molecule has 0 fully saturated rings. The molecule has 4 rings (SSSR count). The first kappa shape index (κ1) is 18.8. The number of hydrogen-bond donors (Lipinski definition) is 2. The van der Waals surface area contributed by atoms with E-state index in [0.29, 0.717) is 17.9 Å². The second-order valence-electron chi connectivity index (χ2n) is 6.51. The van der Waals surface area contributed by atoms with E-state index in [4.69, 9.17) is 5.73 Å². The Bertz CT molecular complexity index is 1120. The molecule has 2 aromatic heterocycles. The van der Waals surface area contributed by atoms with Gasteiger partial charge in [0.25, 0.3) is 5.91 Å². The summed E-state index contributed by atoms with van der Waals surface area (Å²) in [6, 6.07) is 13.5. The van der Waals surface area contributed by atoms with Crippen molar-refractivity contribution in [2.45, 2.75) is 13.0 Å². The van der Waals surface area contributed by atoms with Crippen LogP contribution in [-0.4, -0.2) is 20.9 Å². The lowest BCUT2D eigenvalue weighted by molar-refractivity contribution is 0.102. The number of thiophene rings is 1. The smallest absolute Gasteiger partial charge is 0.277 e. The number of nitrogen functional groups attached to an aromatic ring is 1. The summed E-state index contributed by atoms with van der Waals surface area (Å²) in [4.78, 5) is 12.6. The first-order valence-electron chi connectivity index (χ1n) is 8.96. The average molecular weight is 407 g/mol. The second kappa shape index (κ2) is 8.24. The Hall–Kier alpha value is -3.52. The van der Waals surface area contributed by atoms with Gasteiger partial charge in [0.05, 0.1) is 17.6 Å². The number of aromatic nitrogens is 3. The number of rotatable bonds is 6. The Labute approximate surface area is 170 Å². The van der Waals surface area contributed by atoms with Crippen LogP contribution in [0.25, 0.3) is 11.1 Å². The highest BCUT2D eigenvalue weighted by molar-refractivity contribution is 7.07. The van der Waals surface area contributed by atoms with Gasteiger partial charge in [0.15, 0.2) is 5.69 Å². The number of carbonyl (C=O) groups excluding carboxylic acids is 1. The van der Waals surface area contributed by atoms with E-state index in [1.54, 1.807) is 46.5 Å². The van der Waals surface area contributed by atoms with Crippen molar-refractivity contribution in [2.24, 2.45) is 0 Å². The van der Waals surface area contributed by atoms with Crippen LogP contribution in [0.4, 0.5) is 15.8 Å². The van der Waals surface area contributed by atoms with Gasteiger partial charge in [0.2, 0.25) is 0 Å². The molecule has 0 aliphatic heterocycles. The molecule has 0 saturated carbocycles. The van der Waals surface area contributed by atoms with Gasteiger partial charge in [-0.3, -0.25) is 9.48 Å². The van der Waals surface area contributed by atoms with Crippen LogP contribution in [0, 0.1) is 5.82 Å². The number of amides is 1. The molecule has 8 heteroatoms. The van der Waals surface area contributed by atoms with Crippen LogP contribution in [0.5, 0.6) is 0 Å². The minimum Gasteiger partial charge on any atom is -0.397 e. The number of nitrogens with two attached hydrogens (primary N) is 1. The monoisotopic (exact) mass is 407 g/mol. The highest BCUT2D eigenvalue weighted by Gasteiger charge is 2.13. The van der Waals surface area contributed by atoms with Crippen molar-refractivity contribution in [3.8, 4) is 11.1 Å². The molecule has 2 heterocycles. The molecule has 0 aliphatic carbocycles. The van der Waals surface area contributed by atoms with Crippen LogP contribution >= 0.6 is 11.3 Å². The third-order valence-corrected chi connectivity index (χ3v) is 5.19. The minimum absolute atomic E-state index is 0.210. The van der Waals surface area contributed by atoms with Gasteiger partial charge in [0, 0.05) is 6.54 Å². The number of anilines is 2. The first-order valence-corrected chi connectivity index (χ1v) is 9.91. The maximum absolute atomic E-state index is 13.2. The Morgan fingerprint density at radius 3 is 2.69 bits per heavy atom. The summed E-state index contributed by atoms with van der Waals surface area (Å²) in [5.41, 5.74) is 9.97. The van der Waals surface area contributed by atoms with Crippen LogP contribution in [0.1, 0.15) is 16.1 Å². The van der Waals surface area contributed by atoms with Gasteiger partial charge < -0.3 is 11.1 Å². The van der Waals surface area contributed by atoms with Crippen molar-refractivity contribution in [3.63, 3.8) is 0 Å². The second-order valence-corrected chi connectivity index (χ2v) is 7.29. The van der Waals surface area contributed by atoms with E-state index in [1.807, 2.05) is 11.4 Å². The highest BCUT2D eigenvalue weighted by Crippen LogP contribution is 2.27. The Morgan fingerprint density at radius 2 is 1.93 bits per heavy atom. The van der Waals surface area contributed by atoms with Gasteiger partial charge in [-0.15, -0.1) is 5.10 Å². The van der Waals surface area contributed by atoms with Crippen LogP contribution < -0.4 is 11.1 Å². The van der Waals surface area contributed by atoms with Gasteiger partial charge in [-0.1, -0.05) is 23.4 Å². The van der Waals surface area contributed by atoms with E-state index in [1.165, 1.54) is 17.7 Å². The molecule has 0 spiro atoms. The topological polar surface area (TPSA) is 85.8 Å². The molecule has 3 N–H and O–H groups in total. The van der Waals surface area contributed by atoms with Crippen molar-refractivity contribution in [3.05, 3.63) is 82.6 Å². The number of benzene rings is 2. The Morgan fingerprint density at radius 1 is 1.14 bits per heavy atom. The quantitative estimate of drug-likeness (QED) is 0.469. The van der Waals surface area contributed by atoms with Crippen LogP contribution in [0.3, 0.4) is 0 Å². The van der Waals surface area contributed by atoms with E-state index in [9.17, 15) is 9.18 Å². The number of nitrogens with one attached hydrogen (secondary N) is 1. The molecule has 29 heavy (non-hydrogen) atoms. The third kappa shape index (κ3) is 4.49. The highest BCUT2D eigenvalue weighted by atomic mass is 32.1. The van der Waals surface area contributed by atoms with E-state index in [0.717, 1.165) is 17.5 Å². The molecule has 4 aromatic rings. The van der Waals surface area contributed by atoms with E-state index >= 15 is 0 Å². The van der Waals surface area contributed by atoms with E-state index in [2.05, 4.69) is 27.1 Å². The number of halogens is 1. The van der Waals surface area contributed by atoms with Crippen molar-refractivity contribution in [2.75, 3.05) is 11.1 Å². The summed E-state index contributed by atoms with van der Waals surface area (Å²) in [5.74, 6) is -0.699. The first-order chi connectivity index (χ1) is 14.1. The normalized spacial score (nSPS) is 10.8. The summed E-state index contributed by atoms with van der Waals surface area (Å²) in [6.07, 6.45) is 2.43. The van der Waals surface area contributed by atoms with E-state index < -0.39 is 5.91 Å². The number of carbonyl (C=O) groups is 1. The SMILES string of the molecule is Nc1ccc(-c2ccc(F)cc2)cc1NC(=O)c1cn(CCc2ccsc2)nn1. The molecule has 0 aliphatic rings. The summed E-state index contributed by atoms with van der Waals surface area (Å²) >= 11 is 1.65.